The monoisotopic (exact) mass is 163 g/mol. The van der Waals surface area contributed by atoms with Gasteiger partial charge in [-0.2, -0.15) is 0 Å². The molecule has 0 unspecified atom stereocenters. The molecule has 1 aromatic carbocycles. The minimum atomic E-state index is 0.705. The summed E-state index contributed by atoms with van der Waals surface area (Å²) >= 11 is 0. The molecule has 0 aromatic heterocycles. The van der Waals surface area contributed by atoms with E-state index in [1.165, 1.54) is 5.56 Å². The second kappa shape index (κ2) is 4.81. The lowest BCUT2D eigenvalue weighted by molar-refractivity contribution is 0.321. The van der Waals surface area contributed by atoms with Crippen LogP contribution in [0.5, 0.6) is 5.75 Å². The molecular weight excluding hydrogens is 148 g/mol. The predicted molar refractivity (Wildman–Crippen MR) is 51.3 cm³/mol. The van der Waals surface area contributed by atoms with Crippen LogP contribution in [0, 0.1) is 6.92 Å². The maximum atomic E-state index is 5.51. The Hall–Kier alpha value is -0.980. The van der Waals surface area contributed by atoms with Gasteiger partial charge in [-0.3, -0.25) is 0 Å². The fourth-order valence-corrected chi connectivity index (χ4v) is 1.12. The topological polar surface area (TPSA) is 9.23 Å². The number of para-hydroxylation sites is 1. The Morgan fingerprint density at radius 3 is 2.75 bits per heavy atom. The molecule has 0 fully saturated rings. The minimum Gasteiger partial charge on any atom is -0.493 e. The van der Waals surface area contributed by atoms with Gasteiger partial charge in [-0.05, 0) is 31.4 Å². The maximum Gasteiger partial charge on any atom is 0.122 e. The van der Waals surface area contributed by atoms with Gasteiger partial charge in [0.25, 0.3) is 0 Å². The molecule has 0 spiro atoms. The zero-order valence-electron chi connectivity index (χ0n) is 7.55. The van der Waals surface area contributed by atoms with E-state index in [4.69, 9.17) is 4.74 Å². The quantitative estimate of drug-likeness (QED) is 0.663. The highest BCUT2D eigenvalue weighted by molar-refractivity contribution is 5.33. The molecule has 1 radical (unpaired) electrons. The van der Waals surface area contributed by atoms with Crippen molar-refractivity contribution in [3.63, 3.8) is 0 Å². The largest absolute Gasteiger partial charge is 0.493 e. The Kier molecular flexibility index (Phi) is 3.65. The highest BCUT2D eigenvalue weighted by atomic mass is 16.5. The molecule has 0 amide bonds. The van der Waals surface area contributed by atoms with Crippen LogP contribution in [0.2, 0.25) is 0 Å². The number of ether oxygens (including phenoxy) is 1. The average Bonchev–Trinajstić information content (AvgIpc) is 2.15. The summed E-state index contributed by atoms with van der Waals surface area (Å²) in [5.74, 6) is 1.00. The molecule has 0 aliphatic heterocycles. The molecule has 0 atom stereocenters. The van der Waals surface area contributed by atoms with Crippen molar-refractivity contribution >= 4 is 0 Å². The van der Waals surface area contributed by atoms with Crippen LogP contribution in [-0.4, -0.2) is 6.61 Å². The third-order valence-corrected chi connectivity index (χ3v) is 1.76. The van der Waals surface area contributed by atoms with E-state index in [0.717, 1.165) is 18.6 Å². The molecule has 1 rings (SSSR count). The SMILES string of the molecule is [CH2]CCOc1ccccc1CC. The van der Waals surface area contributed by atoms with Crippen LogP contribution in [0.25, 0.3) is 0 Å². The zero-order chi connectivity index (χ0) is 8.81. The number of benzene rings is 1. The van der Waals surface area contributed by atoms with Crippen LogP contribution < -0.4 is 4.74 Å². The zero-order valence-corrected chi connectivity index (χ0v) is 7.55. The first-order valence-electron chi connectivity index (χ1n) is 4.38. The lowest BCUT2D eigenvalue weighted by Gasteiger charge is -2.08. The standard InChI is InChI=1S/C11H15O/c1-3-9-12-11-8-6-5-7-10(11)4-2/h5-8H,1,3-4,9H2,2H3. The first kappa shape index (κ1) is 9.11. The molecule has 0 bridgehead atoms. The van der Waals surface area contributed by atoms with E-state index in [9.17, 15) is 0 Å². The molecule has 12 heavy (non-hydrogen) atoms. The summed E-state index contributed by atoms with van der Waals surface area (Å²) in [5.41, 5.74) is 1.27. The number of rotatable bonds is 4. The Morgan fingerprint density at radius 2 is 2.08 bits per heavy atom. The van der Waals surface area contributed by atoms with Gasteiger partial charge in [-0.15, -0.1) is 0 Å². The Labute approximate surface area is 74.4 Å². The number of hydrogen-bond acceptors (Lipinski definition) is 1. The fraction of sp³-hybridized carbons (Fsp3) is 0.364. The fourth-order valence-electron chi connectivity index (χ4n) is 1.12. The molecule has 65 valence electrons. The van der Waals surface area contributed by atoms with Crippen LogP contribution >= 0.6 is 0 Å². The van der Waals surface area contributed by atoms with E-state index in [-0.39, 0.29) is 0 Å². The summed E-state index contributed by atoms with van der Waals surface area (Å²) < 4.78 is 5.51. The van der Waals surface area contributed by atoms with E-state index in [0.29, 0.717) is 6.61 Å². The molecule has 0 N–H and O–H groups in total. The molecule has 1 nitrogen and oxygen atoms in total. The highest BCUT2D eigenvalue weighted by Crippen LogP contribution is 2.17. The maximum absolute atomic E-state index is 5.51. The summed E-state index contributed by atoms with van der Waals surface area (Å²) in [6.07, 6.45) is 1.84. The highest BCUT2D eigenvalue weighted by Gasteiger charge is 1.98. The van der Waals surface area contributed by atoms with Gasteiger partial charge in [0.1, 0.15) is 5.75 Å². The Balaban J connectivity index is 2.68. The summed E-state index contributed by atoms with van der Waals surface area (Å²) in [5, 5.41) is 0. The summed E-state index contributed by atoms with van der Waals surface area (Å²) in [6.45, 7) is 6.57. The Morgan fingerprint density at radius 1 is 1.33 bits per heavy atom. The van der Waals surface area contributed by atoms with Crippen molar-refractivity contribution in [2.75, 3.05) is 6.61 Å². The Bertz CT molecular complexity index is 230. The van der Waals surface area contributed by atoms with Crippen molar-refractivity contribution in [1.29, 1.82) is 0 Å². The summed E-state index contributed by atoms with van der Waals surface area (Å²) in [7, 11) is 0. The molecule has 0 saturated carbocycles. The molecule has 0 saturated heterocycles. The van der Waals surface area contributed by atoms with Gasteiger partial charge >= 0.3 is 0 Å². The molecule has 1 heteroatoms. The first-order valence-corrected chi connectivity index (χ1v) is 4.38. The molecule has 0 aliphatic rings. The molecule has 0 aliphatic carbocycles. The van der Waals surface area contributed by atoms with Crippen molar-refractivity contribution in [1.82, 2.24) is 0 Å². The van der Waals surface area contributed by atoms with Crippen LogP contribution in [0.15, 0.2) is 24.3 Å². The van der Waals surface area contributed by atoms with Gasteiger partial charge in [0.15, 0.2) is 0 Å². The van der Waals surface area contributed by atoms with Gasteiger partial charge in [0.05, 0.1) is 6.61 Å². The van der Waals surface area contributed by atoms with Crippen molar-refractivity contribution in [3.8, 4) is 5.75 Å². The van der Waals surface area contributed by atoms with E-state index < -0.39 is 0 Å². The van der Waals surface area contributed by atoms with Gasteiger partial charge in [-0.1, -0.05) is 25.1 Å². The molecular formula is C11H15O. The van der Waals surface area contributed by atoms with Crippen molar-refractivity contribution in [2.45, 2.75) is 19.8 Å². The third kappa shape index (κ3) is 2.26. The third-order valence-electron chi connectivity index (χ3n) is 1.76. The second-order valence-electron chi connectivity index (χ2n) is 2.66. The first-order chi connectivity index (χ1) is 5.88. The molecule has 1 aromatic rings. The normalized spacial score (nSPS) is 9.83. The van der Waals surface area contributed by atoms with Crippen LogP contribution in [0.3, 0.4) is 0 Å². The van der Waals surface area contributed by atoms with Crippen molar-refractivity contribution in [3.05, 3.63) is 36.8 Å². The van der Waals surface area contributed by atoms with Gasteiger partial charge < -0.3 is 4.74 Å². The van der Waals surface area contributed by atoms with Crippen LogP contribution in [0.1, 0.15) is 18.9 Å². The van der Waals surface area contributed by atoms with Crippen molar-refractivity contribution < 1.29 is 4.74 Å². The second-order valence-corrected chi connectivity index (χ2v) is 2.66. The van der Waals surface area contributed by atoms with E-state index in [1.807, 2.05) is 18.2 Å². The van der Waals surface area contributed by atoms with Crippen molar-refractivity contribution in [2.24, 2.45) is 0 Å². The molecule has 0 heterocycles. The average molecular weight is 163 g/mol. The smallest absolute Gasteiger partial charge is 0.122 e. The predicted octanol–water partition coefficient (Wildman–Crippen LogP) is 2.85. The number of hydrogen-bond donors (Lipinski definition) is 0. The summed E-state index contributed by atoms with van der Waals surface area (Å²) in [6, 6.07) is 8.14. The van der Waals surface area contributed by atoms with Gasteiger partial charge in [0.2, 0.25) is 0 Å². The van der Waals surface area contributed by atoms with E-state index >= 15 is 0 Å². The van der Waals surface area contributed by atoms with Gasteiger partial charge in [0, 0.05) is 0 Å². The van der Waals surface area contributed by atoms with E-state index in [2.05, 4.69) is 19.9 Å². The summed E-state index contributed by atoms with van der Waals surface area (Å²) in [4.78, 5) is 0. The lowest BCUT2D eigenvalue weighted by Crippen LogP contribution is -1.97. The van der Waals surface area contributed by atoms with Gasteiger partial charge in [-0.25, -0.2) is 0 Å². The van der Waals surface area contributed by atoms with Crippen LogP contribution in [-0.2, 0) is 6.42 Å². The number of aryl methyl sites for hydroxylation is 1. The lowest BCUT2D eigenvalue weighted by atomic mass is 10.1. The van der Waals surface area contributed by atoms with Crippen LogP contribution in [0.4, 0.5) is 0 Å². The minimum absolute atomic E-state index is 0.705. The van der Waals surface area contributed by atoms with E-state index in [1.54, 1.807) is 0 Å².